The summed E-state index contributed by atoms with van der Waals surface area (Å²) in [4.78, 5) is 12.5. The molecule has 0 aliphatic carbocycles. The first kappa shape index (κ1) is 16.1. The van der Waals surface area contributed by atoms with Gasteiger partial charge in [-0.3, -0.25) is 0 Å². The Hall–Kier alpha value is -2.29. The minimum Gasteiger partial charge on any atom is -0.456 e. The number of carbonyl (C=O) groups is 1. The largest absolute Gasteiger partial charge is 0.456 e. The summed E-state index contributed by atoms with van der Waals surface area (Å²) in [5.41, 5.74) is 1.94. The number of nitrogens with one attached hydrogen (secondary N) is 1. The van der Waals surface area contributed by atoms with Crippen molar-refractivity contribution >= 4 is 22.4 Å². The third kappa shape index (κ3) is 3.48. The van der Waals surface area contributed by atoms with E-state index in [4.69, 9.17) is 4.74 Å². The van der Waals surface area contributed by atoms with E-state index >= 15 is 0 Å². The maximum atomic E-state index is 12.5. The first-order valence-corrected chi connectivity index (χ1v) is 7.44. The summed E-state index contributed by atoms with van der Waals surface area (Å²) < 4.78 is 5.53. The van der Waals surface area contributed by atoms with Crippen LogP contribution in [0.3, 0.4) is 0 Å². The second kappa shape index (κ2) is 6.22. The fraction of sp³-hybridized carbons (Fsp3) is 0.316. The summed E-state index contributed by atoms with van der Waals surface area (Å²) in [7, 11) is 0. The third-order valence-electron chi connectivity index (χ3n) is 3.35. The molecule has 0 fully saturated rings. The lowest BCUT2D eigenvalue weighted by molar-refractivity contribution is 0.00690. The highest BCUT2D eigenvalue weighted by molar-refractivity contribution is 6.04. The van der Waals surface area contributed by atoms with Crippen molar-refractivity contribution in [2.24, 2.45) is 0 Å². The van der Waals surface area contributed by atoms with Gasteiger partial charge in [0, 0.05) is 17.6 Å². The second-order valence-corrected chi connectivity index (χ2v) is 6.32. The molecule has 0 heterocycles. The van der Waals surface area contributed by atoms with E-state index in [1.807, 2.05) is 58.0 Å². The van der Waals surface area contributed by atoms with E-state index in [1.165, 1.54) is 0 Å². The monoisotopic (exact) mass is 297 g/mol. The highest BCUT2D eigenvalue weighted by Gasteiger charge is 2.21. The molecule has 2 aromatic rings. The molecular weight excluding hydrogens is 274 g/mol. The van der Waals surface area contributed by atoms with Crippen molar-refractivity contribution in [1.82, 2.24) is 0 Å². The Bertz CT molecular complexity index is 711. The number of carbonyl (C=O) groups excluding carboxylic acids is 1. The van der Waals surface area contributed by atoms with Gasteiger partial charge in [0.1, 0.15) is 5.60 Å². The molecule has 0 saturated carbocycles. The van der Waals surface area contributed by atoms with Crippen LogP contribution in [0.2, 0.25) is 0 Å². The van der Waals surface area contributed by atoms with Gasteiger partial charge in [0.2, 0.25) is 0 Å². The molecule has 3 heteroatoms. The number of hydrogen-bond acceptors (Lipinski definition) is 3. The lowest BCUT2D eigenvalue weighted by atomic mass is 9.98. The minimum atomic E-state index is -0.510. The van der Waals surface area contributed by atoms with Crippen molar-refractivity contribution < 1.29 is 9.53 Å². The Labute approximate surface area is 132 Å². The second-order valence-electron chi connectivity index (χ2n) is 6.32. The first-order valence-electron chi connectivity index (χ1n) is 7.44. The number of anilines is 1. The third-order valence-corrected chi connectivity index (χ3v) is 3.35. The number of esters is 1. The van der Waals surface area contributed by atoms with Crippen molar-refractivity contribution in [1.29, 1.82) is 0 Å². The van der Waals surface area contributed by atoms with Crippen molar-refractivity contribution in [3.63, 3.8) is 0 Å². The number of rotatable bonds is 4. The Morgan fingerprint density at radius 2 is 2.00 bits per heavy atom. The Kier molecular flexibility index (Phi) is 4.55. The lowest BCUT2D eigenvalue weighted by Crippen LogP contribution is -2.24. The highest BCUT2D eigenvalue weighted by atomic mass is 16.6. The molecule has 0 aromatic heterocycles. The van der Waals surface area contributed by atoms with Gasteiger partial charge in [-0.2, -0.15) is 0 Å². The van der Waals surface area contributed by atoms with Crippen molar-refractivity contribution in [3.8, 4) is 0 Å². The topological polar surface area (TPSA) is 38.3 Å². The van der Waals surface area contributed by atoms with Gasteiger partial charge in [-0.1, -0.05) is 30.3 Å². The van der Waals surface area contributed by atoms with E-state index in [1.54, 1.807) is 6.08 Å². The molecule has 3 nitrogen and oxygen atoms in total. The normalized spacial score (nSPS) is 11.3. The van der Waals surface area contributed by atoms with Gasteiger partial charge in [-0.05, 0) is 44.7 Å². The molecule has 1 N–H and O–H groups in total. The molecule has 0 radical (unpaired) electrons. The summed E-state index contributed by atoms with van der Waals surface area (Å²) in [6, 6.07) is 9.91. The quantitative estimate of drug-likeness (QED) is 0.656. The van der Waals surface area contributed by atoms with E-state index < -0.39 is 5.60 Å². The standard InChI is InChI=1S/C19H23NO2/c1-6-11-20-17-13(2)16(18(21)22-19(3,4)5)12-14-9-7-8-10-15(14)17/h6-10,12,20H,1,11H2,2-5H3. The smallest absolute Gasteiger partial charge is 0.339 e. The molecule has 0 spiro atoms. The molecule has 2 rings (SSSR count). The summed E-state index contributed by atoms with van der Waals surface area (Å²) in [5, 5.41) is 5.44. The van der Waals surface area contributed by atoms with Crippen LogP contribution in [0.4, 0.5) is 5.69 Å². The fourth-order valence-corrected chi connectivity index (χ4v) is 2.40. The molecule has 116 valence electrons. The zero-order valence-electron chi connectivity index (χ0n) is 13.7. The Morgan fingerprint density at radius 1 is 1.32 bits per heavy atom. The molecule has 0 amide bonds. The predicted octanol–water partition coefficient (Wildman–Crippen LogP) is 4.70. The SMILES string of the molecule is C=CCNc1c(C)c(C(=O)OC(C)(C)C)cc2ccccc12. The first-order chi connectivity index (χ1) is 10.3. The van der Waals surface area contributed by atoms with Gasteiger partial charge in [0.25, 0.3) is 0 Å². The van der Waals surface area contributed by atoms with Crippen molar-refractivity contribution in [2.75, 3.05) is 11.9 Å². The van der Waals surface area contributed by atoms with Crippen LogP contribution >= 0.6 is 0 Å². The van der Waals surface area contributed by atoms with E-state index in [0.717, 1.165) is 22.0 Å². The summed E-state index contributed by atoms with van der Waals surface area (Å²) in [6.45, 7) is 11.9. The van der Waals surface area contributed by atoms with Crippen LogP contribution in [-0.2, 0) is 4.74 Å². The number of benzene rings is 2. The molecule has 0 atom stereocenters. The molecule has 0 aliphatic heterocycles. The van der Waals surface area contributed by atoms with Crippen molar-refractivity contribution in [3.05, 3.63) is 54.1 Å². The van der Waals surface area contributed by atoms with Crippen LogP contribution in [0.5, 0.6) is 0 Å². The van der Waals surface area contributed by atoms with Crippen LogP contribution in [0.15, 0.2) is 43.0 Å². The highest BCUT2D eigenvalue weighted by Crippen LogP contribution is 2.31. The number of hydrogen-bond donors (Lipinski definition) is 1. The number of ether oxygens (including phenoxy) is 1. The fourth-order valence-electron chi connectivity index (χ4n) is 2.40. The maximum Gasteiger partial charge on any atom is 0.339 e. The van der Waals surface area contributed by atoms with Crippen molar-refractivity contribution in [2.45, 2.75) is 33.3 Å². The van der Waals surface area contributed by atoms with Gasteiger partial charge in [-0.15, -0.1) is 6.58 Å². The van der Waals surface area contributed by atoms with Gasteiger partial charge < -0.3 is 10.1 Å². The zero-order chi connectivity index (χ0) is 16.3. The van der Waals surface area contributed by atoms with Crippen LogP contribution in [-0.4, -0.2) is 18.1 Å². The molecule has 22 heavy (non-hydrogen) atoms. The Balaban J connectivity index is 2.57. The van der Waals surface area contributed by atoms with Crippen LogP contribution in [0.25, 0.3) is 10.8 Å². The minimum absolute atomic E-state index is 0.294. The molecule has 0 bridgehead atoms. The zero-order valence-corrected chi connectivity index (χ0v) is 13.7. The van der Waals surface area contributed by atoms with E-state index in [2.05, 4.69) is 11.9 Å². The van der Waals surface area contributed by atoms with Crippen LogP contribution in [0.1, 0.15) is 36.7 Å². The van der Waals surface area contributed by atoms with Gasteiger partial charge >= 0.3 is 5.97 Å². The molecule has 2 aromatic carbocycles. The van der Waals surface area contributed by atoms with E-state index in [9.17, 15) is 4.79 Å². The van der Waals surface area contributed by atoms with Gasteiger partial charge in [0.15, 0.2) is 0 Å². The lowest BCUT2D eigenvalue weighted by Gasteiger charge is -2.21. The van der Waals surface area contributed by atoms with Crippen LogP contribution in [0, 0.1) is 6.92 Å². The average Bonchev–Trinajstić information content (AvgIpc) is 2.44. The molecule has 0 aliphatic rings. The van der Waals surface area contributed by atoms with E-state index in [-0.39, 0.29) is 5.97 Å². The van der Waals surface area contributed by atoms with Gasteiger partial charge in [-0.25, -0.2) is 4.79 Å². The molecule has 0 unspecified atom stereocenters. The van der Waals surface area contributed by atoms with E-state index in [0.29, 0.717) is 12.1 Å². The summed E-state index contributed by atoms with van der Waals surface area (Å²) in [6.07, 6.45) is 1.80. The summed E-state index contributed by atoms with van der Waals surface area (Å²) in [5.74, 6) is -0.294. The number of fused-ring (bicyclic) bond motifs is 1. The van der Waals surface area contributed by atoms with Gasteiger partial charge in [0.05, 0.1) is 5.56 Å². The predicted molar refractivity (Wildman–Crippen MR) is 92.5 cm³/mol. The average molecular weight is 297 g/mol. The maximum absolute atomic E-state index is 12.5. The molecular formula is C19H23NO2. The Morgan fingerprint density at radius 3 is 2.64 bits per heavy atom. The molecule has 0 saturated heterocycles. The van der Waals surface area contributed by atoms with Crippen LogP contribution < -0.4 is 5.32 Å². The summed E-state index contributed by atoms with van der Waals surface area (Å²) >= 11 is 0.